The average molecular weight is 292 g/mol. The van der Waals surface area contributed by atoms with Crippen molar-refractivity contribution in [1.29, 1.82) is 0 Å². The van der Waals surface area contributed by atoms with Gasteiger partial charge in [-0.1, -0.05) is 31.2 Å². The minimum atomic E-state index is -0.658. The van der Waals surface area contributed by atoms with Crippen molar-refractivity contribution in [3.05, 3.63) is 63.9 Å². The number of aromatic nitrogens is 1. The Bertz CT molecular complexity index is 479. The Morgan fingerprint density at radius 2 is 1.88 bits per heavy atom. The maximum Gasteiger partial charge on any atom is 0.121 e. The highest BCUT2D eigenvalue weighted by atomic mass is 79.9. The van der Waals surface area contributed by atoms with Crippen LogP contribution in [-0.2, 0) is 6.42 Å². The van der Waals surface area contributed by atoms with Crippen LogP contribution in [0.25, 0.3) is 0 Å². The summed E-state index contributed by atoms with van der Waals surface area (Å²) >= 11 is 3.33. The quantitative estimate of drug-likeness (QED) is 0.939. The first-order valence-electron chi connectivity index (χ1n) is 5.59. The Morgan fingerprint density at radius 1 is 1.18 bits per heavy atom. The van der Waals surface area contributed by atoms with Crippen LogP contribution in [0.5, 0.6) is 0 Å². The van der Waals surface area contributed by atoms with Crippen molar-refractivity contribution < 1.29 is 5.11 Å². The number of pyridine rings is 1. The number of benzene rings is 1. The van der Waals surface area contributed by atoms with E-state index in [1.807, 2.05) is 36.4 Å². The minimum absolute atomic E-state index is 0.658. The van der Waals surface area contributed by atoms with Crippen molar-refractivity contribution >= 4 is 15.9 Å². The molecule has 88 valence electrons. The van der Waals surface area contributed by atoms with Crippen LogP contribution in [0.15, 0.2) is 47.1 Å². The van der Waals surface area contributed by atoms with E-state index in [0.717, 1.165) is 16.5 Å². The van der Waals surface area contributed by atoms with Crippen LogP contribution in [0.2, 0.25) is 0 Å². The molecule has 1 atom stereocenters. The normalized spacial score (nSPS) is 12.4. The molecule has 0 saturated heterocycles. The van der Waals surface area contributed by atoms with Crippen molar-refractivity contribution in [2.45, 2.75) is 19.4 Å². The van der Waals surface area contributed by atoms with Gasteiger partial charge in [-0.15, -0.1) is 0 Å². The smallest absolute Gasteiger partial charge is 0.121 e. The second kappa shape index (κ2) is 5.43. The standard InChI is InChI=1S/C14H14BrNO/c1-2-10-3-5-11(6-4-10)14(17)13-8-7-12(15)9-16-13/h3-9,14,17H,2H2,1H3. The number of halogens is 1. The highest BCUT2D eigenvalue weighted by molar-refractivity contribution is 9.10. The summed E-state index contributed by atoms with van der Waals surface area (Å²) in [4.78, 5) is 4.20. The molecule has 0 aliphatic heterocycles. The Balaban J connectivity index is 2.23. The largest absolute Gasteiger partial charge is 0.382 e. The number of rotatable bonds is 3. The van der Waals surface area contributed by atoms with Crippen molar-refractivity contribution in [3.63, 3.8) is 0 Å². The monoisotopic (exact) mass is 291 g/mol. The van der Waals surface area contributed by atoms with Gasteiger partial charge in [-0.2, -0.15) is 0 Å². The van der Waals surface area contributed by atoms with E-state index in [1.54, 1.807) is 6.20 Å². The zero-order valence-corrected chi connectivity index (χ0v) is 11.2. The van der Waals surface area contributed by atoms with Crippen molar-refractivity contribution in [1.82, 2.24) is 4.98 Å². The van der Waals surface area contributed by atoms with Crippen LogP contribution in [0.1, 0.15) is 29.8 Å². The third-order valence-electron chi connectivity index (χ3n) is 2.73. The van der Waals surface area contributed by atoms with Crippen molar-refractivity contribution in [3.8, 4) is 0 Å². The molecule has 2 aromatic rings. The molecule has 1 N–H and O–H groups in total. The van der Waals surface area contributed by atoms with E-state index in [1.165, 1.54) is 5.56 Å². The topological polar surface area (TPSA) is 33.1 Å². The molecule has 2 rings (SSSR count). The first kappa shape index (κ1) is 12.3. The number of hydrogen-bond acceptors (Lipinski definition) is 2. The molecular weight excluding hydrogens is 278 g/mol. The lowest BCUT2D eigenvalue weighted by atomic mass is 10.0. The molecule has 0 bridgehead atoms. The zero-order valence-electron chi connectivity index (χ0n) is 9.60. The average Bonchev–Trinajstić information content (AvgIpc) is 2.39. The molecule has 0 amide bonds. The fourth-order valence-corrected chi connectivity index (χ4v) is 1.89. The van der Waals surface area contributed by atoms with Gasteiger partial charge in [0.05, 0.1) is 5.69 Å². The first-order chi connectivity index (χ1) is 8.20. The van der Waals surface area contributed by atoms with Crippen molar-refractivity contribution in [2.24, 2.45) is 0 Å². The van der Waals surface area contributed by atoms with Gasteiger partial charge in [0.1, 0.15) is 6.10 Å². The van der Waals surface area contributed by atoms with E-state index in [2.05, 4.69) is 27.8 Å². The molecule has 3 heteroatoms. The third kappa shape index (κ3) is 2.93. The van der Waals surface area contributed by atoms with Gasteiger partial charge in [0.15, 0.2) is 0 Å². The summed E-state index contributed by atoms with van der Waals surface area (Å²) in [5, 5.41) is 10.2. The van der Waals surface area contributed by atoms with Gasteiger partial charge in [-0.05, 0) is 45.6 Å². The summed E-state index contributed by atoms with van der Waals surface area (Å²) in [6.07, 6.45) is 2.04. The SMILES string of the molecule is CCc1ccc(C(O)c2ccc(Br)cn2)cc1. The summed E-state index contributed by atoms with van der Waals surface area (Å²) in [5.41, 5.74) is 2.80. The number of aliphatic hydroxyl groups excluding tert-OH is 1. The lowest BCUT2D eigenvalue weighted by Crippen LogP contribution is -2.02. The fraction of sp³-hybridized carbons (Fsp3) is 0.214. The van der Waals surface area contributed by atoms with E-state index in [0.29, 0.717) is 5.69 Å². The van der Waals surface area contributed by atoms with Gasteiger partial charge < -0.3 is 5.11 Å². The number of nitrogens with zero attached hydrogens (tertiary/aromatic N) is 1. The molecule has 1 unspecified atom stereocenters. The molecule has 0 aliphatic carbocycles. The Kier molecular flexibility index (Phi) is 3.92. The van der Waals surface area contributed by atoms with Crippen LogP contribution in [0.4, 0.5) is 0 Å². The molecule has 2 nitrogen and oxygen atoms in total. The van der Waals surface area contributed by atoms with Crippen LogP contribution in [-0.4, -0.2) is 10.1 Å². The van der Waals surface area contributed by atoms with Crippen LogP contribution >= 0.6 is 15.9 Å². The molecule has 0 aliphatic rings. The molecule has 1 heterocycles. The molecule has 0 saturated carbocycles. The number of hydrogen-bond donors (Lipinski definition) is 1. The maximum absolute atomic E-state index is 10.2. The number of aliphatic hydroxyl groups is 1. The predicted octanol–water partition coefficient (Wildman–Crippen LogP) is 3.49. The fourth-order valence-electron chi connectivity index (χ4n) is 1.66. The van der Waals surface area contributed by atoms with Crippen LogP contribution in [0.3, 0.4) is 0 Å². The van der Waals surface area contributed by atoms with Crippen LogP contribution in [0, 0.1) is 0 Å². The Hall–Kier alpha value is -1.19. The Morgan fingerprint density at radius 3 is 2.41 bits per heavy atom. The summed E-state index contributed by atoms with van der Waals surface area (Å²) in [7, 11) is 0. The highest BCUT2D eigenvalue weighted by Gasteiger charge is 2.11. The highest BCUT2D eigenvalue weighted by Crippen LogP contribution is 2.21. The molecule has 0 spiro atoms. The Labute approximate surface area is 109 Å². The molecule has 0 radical (unpaired) electrons. The molecule has 17 heavy (non-hydrogen) atoms. The second-order valence-electron chi connectivity index (χ2n) is 3.90. The van der Waals surface area contributed by atoms with Crippen molar-refractivity contribution in [2.75, 3.05) is 0 Å². The lowest BCUT2D eigenvalue weighted by molar-refractivity contribution is 0.215. The third-order valence-corrected chi connectivity index (χ3v) is 3.20. The van der Waals surface area contributed by atoms with E-state index >= 15 is 0 Å². The minimum Gasteiger partial charge on any atom is -0.382 e. The van der Waals surface area contributed by atoms with Crippen LogP contribution < -0.4 is 0 Å². The van der Waals surface area contributed by atoms with Gasteiger partial charge in [-0.3, -0.25) is 4.98 Å². The van der Waals surface area contributed by atoms with Gasteiger partial charge in [0.25, 0.3) is 0 Å². The van der Waals surface area contributed by atoms with E-state index in [4.69, 9.17) is 0 Å². The predicted molar refractivity (Wildman–Crippen MR) is 71.8 cm³/mol. The first-order valence-corrected chi connectivity index (χ1v) is 6.38. The summed E-state index contributed by atoms with van der Waals surface area (Å²) in [6, 6.07) is 11.7. The van der Waals surface area contributed by atoms with E-state index in [9.17, 15) is 5.11 Å². The van der Waals surface area contributed by atoms with E-state index in [-0.39, 0.29) is 0 Å². The summed E-state index contributed by atoms with van der Waals surface area (Å²) in [6.45, 7) is 2.11. The lowest BCUT2D eigenvalue weighted by Gasteiger charge is -2.11. The molecule has 0 fully saturated rings. The molecule has 1 aromatic carbocycles. The second-order valence-corrected chi connectivity index (χ2v) is 4.81. The summed E-state index contributed by atoms with van der Waals surface area (Å²) < 4.78 is 0.912. The van der Waals surface area contributed by atoms with Gasteiger partial charge in [0, 0.05) is 10.7 Å². The van der Waals surface area contributed by atoms with Gasteiger partial charge >= 0.3 is 0 Å². The van der Waals surface area contributed by atoms with Gasteiger partial charge in [-0.25, -0.2) is 0 Å². The van der Waals surface area contributed by atoms with Gasteiger partial charge in [0.2, 0.25) is 0 Å². The zero-order chi connectivity index (χ0) is 12.3. The number of aryl methyl sites for hydroxylation is 1. The summed E-state index contributed by atoms with van der Waals surface area (Å²) in [5.74, 6) is 0. The molecule has 1 aromatic heterocycles. The maximum atomic E-state index is 10.2. The van der Waals surface area contributed by atoms with E-state index < -0.39 is 6.10 Å². The molecular formula is C14H14BrNO.